The molecule has 1 aliphatic heterocycles. The molecule has 1 saturated heterocycles. The molecule has 1 atom stereocenters. The molecule has 0 bridgehead atoms. The lowest BCUT2D eigenvalue weighted by molar-refractivity contribution is 0.0640. The molecule has 0 amide bonds. The highest BCUT2D eigenvalue weighted by Crippen LogP contribution is 2.24. The van der Waals surface area contributed by atoms with Crippen molar-refractivity contribution in [3.8, 4) is 0 Å². The Hall–Kier alpha value is -0.860. The molecule has 1 fully saturated rings. The average Bonchev–Trinajstić information content (AvgIpc) is 2.47. The Morgan fingerprint density at radius 3 is 3.00 bits per heavy atom. The van der Waals surface area contributed by atoms with Gasteiger partial charge in [0, 0.05) is 6.54 Å². The third-order valence-electron chi connectivity index (χ3n) is 2.72. The second kappa shape index (κ2) is 4.58. The van der Waals surface area contributed by atoms with E-state index in [4.69, 9.17) is 4.74 Å². The third kappa shape index (κ3) is 2.14. The van der Waals surface area contributed by atoms with E-state index in [2.05, 4.69) is 36.5 Å². The van der Waals surface area contributed by atoms with Crippen LogP contribution < -0.4 is 5.32 Å². The summed E-state index contributed by atoms with van der Waals surface area (Å²) in [6.07, 6.45) is 1.36. The molecule has 0 aliphatic carbocycles. The van der Waals surface area contributed by atoms with Crippen LogP contribution in [0.1, 0.15) is 23.7 Å². The lowest BCUT2D eigenvalue weighted by Crippen LogP contribution is -2.16. The zero-order valence-corrected chi connectivity index (χ0v) is 8.62. The van der Waals surface area contributed by atoms with E-state index in [1.165, 1.54) is 11.1 Å². The van der Waals surface area contributed by atoms with Crippen molar-refractivity contribution < 1.29 is 4.74 Å². The Morgan fingerprint density at radius 2 is 2.14 bits per heavy atom. The van der Waals surface area contributed by atoms with Gasteiger partial charge in [-0.3, -0.25) is 0 Å². The molecule has 14 heavy (non-hydrogen) atoms. The molecule has 1 N–H and O–H groups in total. The zero-order chi connectivity index (χ0) is 9.80. The first-order valence-corrected chi connectivity index (χ1v) is 5.26. The van der Waals surface area contributed by atoms with Crippen LogP contribution in [-0.2, 0) is 4.74 Å². The van der Waals surface area contributed by atoms with Gasteiger partial charge < -0.3 is 10.1 Å². The summed E-state index contributed by atoms with van der Waals surface area (Å²) in [6, 6.07) is 8.49. The highest BCUT2D eigenvalue weighted by Gasteiger charge is 2.15. The molecule has 1 aliphatic rings. The molecule has 0 spiro atoms. The lowest BCUT2D eigenvalue weighted by atomic mass is 10.0. The van der Waals surface area contributed by atoms with E-state index in [-0.39, 0.29) is 6.10 Å². The van der Waals surface area contributed by atoms with Gasteiger partial charge in [-0.1, -0.05) is 24.3 Å². The van der Waals surface area contributed by atoms with E-state index in [1.807, 2.05) is 0 Å². The van der Waals surface area contributed by atoms with Crippen LogP contribution in [0.3, 0.4) is 0 Å². The number of nitrogens with one attached hydrogen (secondary N) is 1. The topological polar surface area (TPSA) is 21.3 Å². The van der Waals surface area contributed by atoms with E-state index in [0.29, 0.717) is 0 Å². The van der Waals surface area contributed by atoms with Crippen LogP contribution >= 0.6 is 0 Å². The van der Waals surface area contributed by atoms with Gasteiger partial charge in [-0.15, -0.1) is 0 Å². The number of rotatable bonds is 1. The molecule has 1 unspecified atom stereocenters. The van der Waals surface area contributed by atoms with Crippen molar-refractivity contribution in [2.24, 2.45) is 0 Å². The maximum Gasteiger partial charge on any atom is 0.0840 e. The summed E-state index contributed by atoms with van der Waals surface area (Å²) in [6.45, 7) is 5.00. The van der Waals surface area contributed by atoms with E-state index in [0.717, 1.165) is 26.1 Å². The van der Waals surface area contributed by atoms with Crippen LogP contribution in [0, 0.1) is 6.92 Å². The van der Waals surface area contributed by atoms with Crippen LogP contribution in [0.4, 0.5) is 0 Å². The summed E-state index contributed by atoms with van der Waals surface area (Å²) >= 11 is 0. The Bertz CT molecular complexity index is 290. The molecule has 1 aromatic carbocycles. The van der Waals surface area contributed by atoms with E-state index < -0.39 is 0 Å². The predicted molar refractivity (Wildman–Crippen MR) is 57.4 cm³/mol. The van der Waals surface area contributed by atoms with Gasteiger partial charge in [0.25, 0.3) is 0 Å². The minimum absolute atomic E-state index is 0.284. The normalized spacial score (nSPS) is 23.1. The molecule has 76 valence electrons. The van der Waals surface area contributed by atoms with Crippen LogP contribution in [0.5, 0.6) is 0 Å². The summed E-state index contributed by atoms with van der Waals surface area (Å²) in [4.78, 5) is 0. The second-order valence-corrected chi connectivity index (χ2v) is 3.75. The summed E-state index contributed by atoms with van der Waals surface area (Å²) < 4.78 is 5.81. The molecule has 2 rings (SSSR count). The van der Waals surface area contributed by atoms with Crippen molar-refractivity contribution in [2.45, 2.75) is 19.4 Å². The molecule has 1 heterocycles. The Morgan fingerprint density at radius 1 is 1.29 bits per heavy atom. The quantitative estimate of drug-likeness (QED) is 0.733. The standard InChI is InChI=1S/C12H17NO/c1-10-4-2-3-5-11(10)12-6-7-13-8-9-14-12/h2-5,12-13H,6-9H2,1H3. The van der Waals surface area contributed by atoms with Gasteiger partial charge >= 0.3 is 0 Å². The highest BCUT2D eigenvalue weighted by atomic mass is 16.5. The molecule has 0 aromatic heterocycles. The first kappa shape index (κ1) is 9.69. The molecule has 1 aromatic rings. The van der Waals surface area contributed by atoms with Gasteiger partial charge in [0.15, 0.2) is 0 Å². The fourth-order valence-electron chi connectivity index (χ4n) is 1.91. The van der Waals surface area contributed by atoms with Crippen molar-refractivity contribution in [1.29, 1.82) is 0 Å². The minimum atomic E-state index is 0.284. The van der Waals surface area contributed by atoms with Crippen molar-refractivity contribution in [1.82, 2.24) is 5.32 Å². The van der Waals surface area contributed by atoms with Gasteiger partial charge in [-0.25, -0.2) is 0 Å². The average molecular weight is 191 g/mol. The molecular weight excluding hydrogens is 174 g/mol. The predicted octanol–water partition coefficient (Wildman–Crippen LogP) is 2.05. The van der Waals surface area contributed by atoms with Crippen molar-refractivity contribution >= 4 is 0 Å². The molecule has 0 saturated carbocycles. The number of aryl methyl sites for hydroxylation is 1. The summed E-state index contributed by atoms with van der Waals surface area (Å²) in [5.74, 6) is 0. The number of benzene rings is 1. The monoisotopic (exact) mass is 191 g/mol. The van der Waals surface area contributed by atoms with Gasteiger partial charge in [0.05, 0.1) is 12.7 Å². The van der Waals surface area contributed by atoms with E-state index >= 15 is 0 Å². The minimum Gasteiger partial charge on any atom is -0.372 e. The maximum absolute atomic E-state index is 5.81. The molecule has 2 heteroatoms. The Balaban J connectivity index is 2.16. The Labute approximate surface area is 85.3 Å². The molecular formula is C12H17NO. The van der Waals surface area contributed by atoms with Crippen LogP contribution in [0.25, 0.3) is 0 Å². The third-order valence-corrected chi connectivity index (χ3v) is 2.72. The van der Waals surface area contributed by atoms with E-state index in [1.54, 1.807) is 0 Å². The van der Waals surface area contributed by atoms with Crippen molar-refractivity contribution in [2.75, 3.05) is 19.7 Å². The van der Waals surface area contributed by atoms with E-state index in [9.17, 15) is 0 Å². The summed E-state index contributed by atoms with van der Waals surface area (Å²) in [5, 5.41) is 3.34. The van der Waals surface area contributed by atoms with Gasteiger partial charge in [-0.2, -0.15) is 0 Å². The molecule has 0 radical (unpaired) electrons. The maximum atomic E-state index is 5.81. The smallest absolute Gasteiger partial charge is 0.0840 e. The summed E-state index contributed by atoms with van der Waals surface area (Å²) in [5.41, 5.74) is 2.68. The Kier molecular flexibility index (Phi) is 3.17. The second-order valence-electron chi connectivity index (χ2n) is 3.75. The fourth-order valence-corrected chi connectivity index (χ4v) is 1.91. The lowest BCUT2D eigenvalue weighted by Gasteiger charge is -2.16. The highest BCUT2D eigenvalue weighted by molar-refractivity contribution is 5.27. The number of ether oxygens (including phenoxy) is 1. The number of hydrogen-bond acceptors (Lipinski definition) is 2. The summed E-state index contributed by atoms with van der Waals surface area (Å²) in [7, 11) is 0. The first-order valence-electron chi connectivity index (χ1n) is 5.26. The van der Waals surface area contributed by atoms with Crippen LogP contribution in [0.2, 0.25) is 0 Å². The van der Waals surface area contributed by atoms with Crippen molar-refractivity contribution in [3.05, 3.63) is 35.4 Å². The van der Waals surface area contributed by atoms with Gasteiger partial charge in [0.1, 0.15) is 0 Å². The van der Waals surface area contributed by atoms with Crippen LogP contribution in [-0.4, -0.2) is 19.7 Å². The molecule has 2 nitrogen and oxygen atoms in total. The fraction of sp³-hybridized carbons (Fsp3) is 0.500. The number of hydrogen-bond donors (Lipinski definition) is 1. The van der Waals surface area contributed by atoms with Gasteiger partial charge in [-0.05, 0) is 31.0 Å². The van der Waals surface area contributed by atoms with Gasteiger partial charge in [0.2, 0.25) is 0 Å². The van der Waals surface area contributed by atoms with Crippen LogP contribution in [0.15, 0.2) is 24.3 Å². The largest absolute Gasteiger partial charge is 0.372 e. The first-order chi connectivity index (χ1) is 6.88. The SMILES string of the molecule is Cc1ccccc1C1CCNCCO1. The zero-order valence-electron chi connectivity index (χ0n) is 8.62. The van der Waals surface area contributed by atoms with Crippen molar-refractivity contribution in [3.63, 3.8) is 0 Å².